The zero-order valence-corrected chi connectivity index (χ0v) is 12.2. The molecule has 4 heteroatoms. The molecule has 0 aliphatic carbocycles. The predicted octanol–water partition coefficient (Wildman–Crippen LogP) is 3.53. The van der Waals surface area contributed by atoms with Crippen LogP contribution in [0.2, 0.25) is 0 Å². The Hall–Kier alpha value is -2.75. The summed E-state index contributed by atoms with van der Waals surface area (Å²) in [5, 5.41) is 3.31. The molecule has 0 saturated carbocycles. The Morgan fingerprint density at radius 3 is 2.82 bits per heavy atom. The number of hydrogen-bond donors (Lipinski definition) is 1. The number of cyclic esters (lactones) is 1. The average Bonchev–Trinajstić information content (AvgIpc) is 2.93. The monoisotopic (exact) mass is 295 g/mol. The Morgan fingerprint density at radius 1 is 1.23 bits per heavy atom. The van der Waals surface area contributed by atoms with E-state index in [0.29, 0.717) is 25.3 Å². The molecular formula is C18H17NO3. The fraction of sp³-hybridized carbons (Fsp3) is 0.167. The molecule has 22 heavy (non-hydrogen) atoms. The van der Waals surface area contributed by atoms with Gasteiger partial charge < -0.3 is 14.8 Å². The van der Waals surface area contributed by atoms with Crippen LogP contribution in [-0.2, 0) is 17.9 Å². The lowest BCUT2D eigenvalue weighted by atomic mass is 10.1. The first-order chi connectivity index (χ1) is 10.8. The summed E-state index contributed by atoms with van der Waals surface area (Å²) in [5.74, 6) is 0.575. The number of esters is 1. The number of hydrogen-bond acceptors (Lipinski definition) is 4. The van der Waals surface area contributed by atoms with E-state index in [9.17, 15) is 4.79 Å². The highest BCUT2D eigenvalue weighted by Crippen LogP contribution is 2.23. The van der Waals surface area contributed by atoms with Crippen molar-refractivity contribution < 1.29 is 14.3 Å². The summed E-state index contributed by atoms with van der Waals surface area (Å²) in [4.78, 5) is 11.5. The van der Waals surface area contributed by atoms with E-state index in [-0.39, 0.29) is 5.97 Å². The third kappa shape index (κ3) is 3.11. The van der Waals surface area contributed by atoms with Crippen molar-refractivity contribution in [1.29, 1.82) is 0 Å². The second kappa shape index (κ2) is 6.35. The normalized spacial score (nSPS) is 12.5. The molecular weight excluding hydrogens is 278 g/mol. The second-order valence-corrected chi connectivity index (χ2v) is 5.05. The van der Waals surface area contributed by atoms with Gasteiger partial charge in [-0.1, -0.05) is 30.9 Å². The fourth-order valence-corrected chi connectivity index (χ4v) is 2.29. The Kier molecular flexibility index (Phi) is 4.10. The molecule has 3 rings (SSSR count). The highest BCUT2D eigenvalue weighted by Gasteiger charge is 2.20. The van der Waals surface area contributed by atoms with Crippen LogP contribution in [0.5, 0.6) is 5.75 Å². The van der Waals surface area contributed by atoms with E-state index < -0.39 is 0 Å². The number of nitrogens with one attached hydrogen (secondary N) is 1. The van der Waals surface area contributed by atoms with Gasteiger partial charge >= 0.3 is 5.97 Å². The Morgan fingerprint density at radius 2 is 2.05 bits per heavy atom. The number of benzene rings is 2. The van der Waals surface area contributed by atoms with Crippen molar-refractivity contribution >= 4 is 11.7 Å². The van der Waals surface area contributed by atoms with Gasteiger partial charge in [-0.3, -0.25) is 0 Å². The van der Waals surface area contributed by atoms with E-state index in [1.165, 1.54) is 0 Å². The molecule has 4 nitrogen and oxygen atoms in total. The van der Waals surface area contributed by atoms with E-state index >= 15 is 0 Å². The summed E-state index contributed by atoms with van der Waals surface area (Å²) in [7, 11) is 0. The van der Waals surface area contributed by atoms with Crippen molar-refractivity contribution in [2.75, 3.05) is 11.9 Å². The van der Waals surface area contributed by atoms with Crippen LogP contribution in [-0.4, -0.2) is 12.6 Å². The number of rotatable bonds is 6. The van der Waals surface area contributed by atoms with Crippen molar-refractivity contribution in [1.82, 2.24) is 0 Å². The largest absolute Gasteiger partial charge is 0.490 e. The summed E-state index contributed by atoms with van der Waals surface area (Å²) in [5.41, 5.74) is 3.64. The number of anilines is 1. The number of carbonyl (C=O) groups is 1. The molecule has 1 N–H and O–H groups in total. The maximum Gasteiger partial charge on any atom is 0.338 e. The number of ether oxygens (including phenoxy) is 2. The van der Waals surface area contributed by atoms with Gasteiger partial charge in [-0.15, -0.1) is 0 Å². The van der Waals surface area contributed by atoms with Gasteiger partial charge in [0, 0.05) is 17.8 Å². The lowest BCUT2D eigenvalue weighted by Gasteiger charge is -2.08. The lowest BCUT2D eigenvalue weighted by molar-refractivity contribution is 0.0535. The molecule has 0 radical (unpaired) electrons. The molecule has 0 bridgehead atoms. The summed E-state index contributed by atoms with van der Waals surface area (Å²) in [6, 6.07) is 13.6. The highest BCUT2D eigenvalue weighted by atomic mass is 16.5. The van der Waals surface area contributed by atoms with Crippen molar-refractivity contribution in [3.05, 3.63) is 71.8 Å². The molecule has 0 fully saturated rings. The van der Waals surface area contributed by atoms with Gasteiger partial charge in [-0.05, 0) is 29.8 Å². The minimum atomic E-state index is -0.248. The first-order valence-electron chi connectivity index (χ1n) is 7.13. The van der Waals surface area contributed by atoms with Crippen molar-refractivity contribution in [2.24, 2.45) is 0 Å². The average molecular weight is 295 g/mol. The smallest absolute Gasteiger partial charge is 0.338 e. The van der Waals surface area contributed by atoms with Crippen molar-refractivity contribution in [2.45, 2.75) is 13.2 Å². The summed E-state index contributed by atoms with van der Waals surface area (Å²) in [6.45, 7) is 5.17. The molecule has 0 spiro atoms. The van der Waals surface area contributed by atoms with Crippen LogP contribution < -0.4 is 10.1 Å². The minimum absolute atomic E-state index is 0.248. The maximum absolute atomic E-state index is 11.5. The molecule has 2 aromatic carbocycles. The number of carbonyl (C=O) groups excluding carboxylic acids is 1. The Balaban J connectivity index is 1.62. The third-order valence-corrected chi connectivity index (χ3v) is 3.48. The van der Waals surface area contributed by atoms with E-state index in [1.807, 2.05) is 42.5 Å². The molecule has 0 unspecified atom stereocenters. The molecule has 1 aliphatic heterocycles. The van der Waals surface area contributed by atoms with Crippen LogP contribution in [0, 0.1) is 0 Å². The maximum atomic E-state index is 11.5. The van der Waals surface area contributed by atoms with E-state index in [1.54, 1.807) is 6.08 Å². The van der Waals surface area contributed by atoms with Crippen LogP contribution in [0.15, 0.2) is 55.1 Å². The first kappa shape index (κ1) is 14.2. The molecule has 1 aliphatic rings. The van der Waals surface area contributed by atoms with Crippen molar-refractivity contribution in [3.8, 4) is 5.75 Å². The predicted molar refractivity (Wildman–Crippen MR) is 85.0 cm³/mol. The van der Waals surface area contributed by atoms with Gasteiger partial charge in [0.05, 0.1) is 5.56 Å². The lowest BCUT2D eigenvalue weighted by Crippen LogP contribution is -2.01. The molecule has 0 amide bonds. The van der Waals surface area contributed by atoms with Crippen molar-refractivity contribution in [3.63, 3.8) is 0 Å². The molecule has 112 valence electrons. The quantitative estimate of drug-likeness (QED) is 0.654. The second-order valence-electron chi connectivity index (χ2n) is 5.05. The Labute approximate surface area is 129 Å². The van der Waals surface area contributed by atoms with E-state index in [0.717, 1.165) is 22.6 Å². The van der Waals surface area contributed by atoms with Gasteiger partial charge in [-0.25, -0.2) is 4.79 Å². The van der Waals surface area contributed by atoms with Gasteiger partial charge in [0.2, 0.25) is 0 Å². The molecule has 0 atom stereocenters. The van der Waals surface area contributed by atoms with Crippen LogP contribution in [0.3, 0.4) is 0 Å². The zero-order valence-electron chi connectivity index (χ0n) is 12.2. The summed E-state index contributed by atoms with van der Waals surface area (Å²) < 4.78 is 10.4. The van der Waals surface area contributed by atoms with Crippen LogP contribution in [0.4, 0.5) is 5.69 Å². The van der Waals surface area contributed by atoms with Gasteiger partial charge in [0.25, 0.3) is 0 Å². The minimum Gasteiger partial charge on any atom is -0.490 e. The molecule has 2 aromatic rings. The fourth-order valence-electron chi connectivity index (χ4n) is 2.29. The topological polar surface area (TPSA) is 47.6 Å². The van der Waals surface area contributed by atoms with Gasteiger partial charge in [0.15, 0.2) is 0 Å². The summed E-state index contributed by atoms with van der Waals surface area (Å²) in [6.07, 6.45) is 1.72. The molecule has 0 saturated heterocycles. The zero-order chi connectivity index (χ0) is 15.4. The summed E-state index contributed by atoms with van der Waals surface area (Å²) >= 11 is 0. The number of fused-ring (bicyclic) bond motifs is 1. The van der Waals surface area contributed by atoms with Crippen LogP contribution >= 0.6 is 0 Å². The van der Waals surface area contributed by atoms with Crippen LogP contribution in [0.25, 0.3) is 0 Å². The molecule has 1 heterocycles. The van der Waals surface area contributed by atoms with E-state index in [2.05, 4.69) is 11.9 Å². The highest BCUT2D eigenvalue weighted by molar-refractivity contribution is 5.94. The Bertz CT molecular complexity index is 692. The molecule has 0 aromatic heterocycles. The van der Waals surface area contributed by atoms with Gasteiger partial charge in [0.1, 0.15) is 19.0 Å². The first-order valence-corrected chi connectivity index (χ1v) is 7.13. The van der Waals surface area contributed by atoms with Gasteiger partial charge in [-0.2, -0.15) is 0 Å². The SMILES string of the molecule is C=CCOc1ccc(CNc2ccc3c(c2)C(=O)OC3)cc1. The third-order valence-electron chi connectivity index (χ3n) is 3.48. The van der Waals surface area contributed by atoms with E-state index in [4.69, 9.17) is 9.47 Å². The van der Waals surface area contributed by atoms with Crippen LogP contribution in [0.1, 0.15) is 21.5 Å². The standard InChI is InChI=1S/C18H17NO3/c1-2-9-21-16-7-3-13(4-8-16)11-19-15-6-5-14-12-22-18(20)17(14)10-15/h2-8,10,19H,1,9,11-12H2.